The molecule has 0 aromatic carbocycles. The molecule has 24 heavy (non-hydrogen) atoms. The minimum Gasteiger partial charge on any atom is -0.351 e. The number of ether oxygens (including phenoxy) is 2. The van der Waals surface area contributed by atoms with Gasteiger partial charge in [-0.05, 0) is 26.9 Å². The number of likely N-dealkylation sites (N-methyl/N-ethyl adjacent to an activating group) is 1. The maximum absolute atomic E-state index is 5.99. The van der Waals surface area contributed by atoms with Gasteiger partial charge in [0.15, 0.2) is 6.29 Å². The number of hydrogen-bond acceptors (Lipinski definition) is 3. The summed E-state index contributed by atoms with van der Waals surface area (Å²) in [5.41, 5.74) is 0. The zero-order chi connectivity index (χ0) is 17.5. The van der Waals surface area contributed by atoms with E-state index in [2.05, 4.69) is 25.9 Å². The summed E-state index contributed by atoms with van der Waals surface area (Å²) < 4.78 is 11.8. The van der Waals surface area contributed by atoms with Gasteiger partial charge in [-0.1, -0.05) is 77.6 Å². The van der Waals surface area contributed by atoms with Gasteiger partial charge in [-0.3, -0.25) is 0 Å². The van der Waals surface area contributed by atoms with E-state index in [4.69, 9.17) is 9.47 Å². The van der Waals surface area contributed by atoms with Crippen LogP contribution in [-0.4, -0.2) is 44.5 Å². The summed E-state index contributed by atoms with van der Waals surface area (Å²) in [7, 11) is 4.16. The Balaban J connectivity index is 1.82. The van der Waals surface area contributed by atoms with Crippen LogP contribution < -0.4 is 0 Å². The van der Waals surface area contributed by atoms with Crippen molar-refractivity contribution in [3.63, 3.8) is 0 Å². The molecule has 3 nitrogen and oxygen atoms in total. The van der Waals surface area contributed by atoms with E-state index in [-0.39, 0.29) is 6.29 Å². The van der Waals surface area contributed by atoms with Gasteiger partial charge >= 0.3 is 0 Å². The van der Waals surface area contributed by atoms with Crippen molar-refractivity contribution in [2.24, 2.45) is 0 Å². The van der Waals surface area contributed by atoms with Crippen molar-refractivity contribution in [3.05, 3.63) is 0 Å². The molecule has 0 aromatic heterocycles. The lowest BCUT2D eigenvalue weighted by Crippen LogP contribution is -2.22. The van der Waals surface area contributed by atoms with Crippen LogP contribution in [0.4, 0.5) is 0 Å². The first-order chi connectivity index (χ1) is 11.7. The zero-order valence-corrected chi connectivity index (χ0v) is 16.7. The smallest absolute Gasteiger partial charge is 0.158 e. The van der Waals surface area contributed by atoms with Crippen LogP contribution in [-0.2, 0) is 9.47 Å². The van der Waals surface area contributed by atoms with Gasteiger partial charge in [0.1, 0.15) is 0 Å². The Hall–Kier alpha value is -0.120. The fraction of sp³-hybridized carbons (Fsp3) is 1.00. The van der Waals surface area contributed by atoms with Crippen LogP contribution in [0.1, 0.15) is 96.8 Å². The monoisotopic (exact) mass is 341 g/mol. The average Bonchev–Trinajstić information content (AvgIpc) is 3.00. The molecule has 1 aliphatic heterocycles. The minimum absolute atomic E-state index is 0.0580. The molecule has 2 unspecified atom stereocenters. The summed E-state index contributed by atoms with van der Waals surface area (Å²) >= 11 is 0. The Morgan fingerprint density at radius 2 is 1.42 bits per heavy atom. The van der Waals surface area contributed by atoms with Gasteiger partial charge in [0.25, 0.3) is 0 Å². The average molecular weight is 342 g/mol. The minimum atomic E-state index is 0.0580. The molecule has 1 rings (SSSR count). The lowest BCUT2D eigenvalue weighted by molar-refractivity contribution is -0.136. The maximum Gasteiger partial charge on any atom is 0.158 e. The van der Waals surface area contributed by atoms with Gasteiger partial charge in [0, 0.05) is 13.0 Å². The van der Waals surface area contributed by atoms with Crippen LogP contribution in [0, 0.1) is 0 Å². The number of rotatable bonds is 16. The molecule has 1 heterocycles. The highest BCUT2D eigenvalue weighted by molar-refractivity contribution is 4.68. The highest BCUT2D eigenvalue weighted by Gasteiger charge is 2.25. The second kappa shape index (κ2) is 15.2. The lowest BCUT2D eigenvalue weighted by Gasteiger charge is -2.16. The summed E-state index contributed by atoms with van der Waals surface area (Å²) in [6.45, 7) is 4.04. The van der Waals surface area contributed by atoms with Crippen LogP contribution in [0.3, 0.4) is 0 Å². The van der Waals surface area contributed by atoms with E-state index in [1.165, 1.54) is 83.5 Å². The van der Waals surface area contributed by atoms with E-state index in [9.17, 15) is 0 Å². The predicted octanol–water partition coefficient (Wildman–Crippen LogP) is 5.77. The highest BCUT2D eigenvalue weighted by Crippen LogP contribution is 2.25. The molecule has 144 valence electrons. The third-order valence-corrected chi connectivity index (χ3v) is 5.04. The fourth-order valence-electron chi connectivity index (χ4n) is 3.41. The van der Waals surface area contributed by atoms with E-state index >= 15 is 0 Å². The van der Waals surface area contributed by atoms with E-state index in [0.717, 1.165) is 19.6 Å². The van der Waals surface area contributed by atoms with Crippen molar-refractivity contribution in [2.75, 3.05) is 27.2 Å². The SMILES string of the molecule is CCCCCCCCCCCCCC1CCC(OCCN(C)C)O1. The summed E-state index contributed by atoms with van der Waals surface area (Å²) in [6, 6.07) is 0. The summed E-state index contributed by atoms with van der Waals surface area (Å²) in [5, 5.41) is 0. The van der Waals surface area contributed by atoms with E-state index in [0.29, 0.717) is 6.10 Å². The molecule has 0 amide bonds. The van der Waals surface area contributed by atoms with Crippen LogP contribution in [0.15, 0.2) is 0 Å². The van der Waals surface area contributed by atoms with Crippen molar-refractivity contribution < 1.29 is 9.47 Å². The molecule has 2 atom stereocenters. The topological polar surface area (TPSA) is 21.7 Å². The molecule has 0 saturated carbocycles. The number of nitrogens with zero attached hydrogens (tertiary/aromatic N) is 1. The molecule has 0 bridgehead atoms. The van der Waals surface area contributed by atoms with Crippen molar-refractivity contribution in [1.82, 2.24) is 4.90 Å². The molecule has 1 saturated heterocycles. The summed E-state index contributed by atoms with van der Waals surface area (Å²) in [4.78, 5) is 2.15. The molecule has 0 aliphatic carbocycles. The van der Waals surface area contributed by atoms with Crippen molar-refractivity contribution >= 4 is 0 Å². The first-order valence-corrected chi connectivity index (χ1v) is 10.6. The molecule has 1 fully saturated rings. The number of hydrogen-bond donors (Lipinski definition) is 0. The second-order valence-electron chi connectivity index (χ2n) is 7.76. The standard InChI is InChI=1S/C21H43NO2/c1-4-5-6-7-8-9-10-11-12-13-14-15-20-16-17-21(24-20)23-19-18-22(2)3/h20-21H,4-19H2,1-3H3. The van der Waals surface area contributed by atoms with Crippen molar-refractivity contribution in [3.8, 4) is 0 Å². The van der Waals surface area contributed by atoms with Gasteiger partial charge in [-0.15, -0.1) is 0 Å². The zero-order valence-electron chi connectivity index (χ0n) is 16.7. The Morgan fingerprint density at radius 1 is 0.833 bits per heavy atom. The largest absolute Gasteiger partial charge is 0.351 e. The Bertz CT molecular complexity index is 271. The van der Waals surface area contributed by atoms with E-state index < -0.39 is 0 Å². The number of unbranched alkanes of at least 4 members (excludes halogenated alkanes) is 10. The van der Waals surface area contributed by atoms with Crippen LogP contribution >= 0.6 is 0 Å². The quantitative estimate of drug-likeness (QED) is 0.333. The fourth-order valence-corrected chi connectivity index (χ4v) is 3.41. The van der Waals surface area contributed by atoms with Gasteiger partial charge in [-0.2, -0.15) is 0 Å². The Labute approximate surface area is 151 Å². The van der Waals surface area contributed by atoms with Crippen LogP contribution in [0.2, 0.25) is 0 Å². The van der Waals surface area contributed by atoms with Crippen molar-refractivity contribution in [2.45, 2.75) is 109 Å². The first kappa shape index (κ1) is 21.9. The maximum atomic E-state index is 5.99. The Kier molecular flexibility index (Phi) is 13.8. The summed E-state index contributed by atoms with van der Waals surface area (Å²) in [5.74, 6) is 0. The molecular weight excluding hydrogens is 298 g/mol. The van der Waals surface area contributed by atoms with Gasteiger partial charge in [-0.25, -0.2) is 0 Å². The molecular formula is C21H43NO2. The Morgan fingerprint density at radius 3 is 2.00 bits per heavy atom. The molecule has 0 N–H and O–H groups in total. The third-order valence-electron chi connectivity index (χ3n) is 5.04. The predicted molar refractivity (Wildman–Crippen MR) is 103 cm³/mol. The molecule has 1 aliphatic rings. The van der Waals surface area contributed by atoms with E-state index in [1.807, 2.05) is 0 Å². The summed E-state index contributed by atoms with van der Waals surface area (Å²) in [6.07, 6.45) is 19.5. The highest BCUT2D eigenvalue weighted by atomic mass is 16.7. The lowest BCUT2D eigenvalue weighted by atomic mass is 10.0. The first-order valence-electron chi connectivity index (χ1n) is 10.6. The molecule has 0 radical (unpaired) electrons. The third kappa shape index (κ3) is 12.3. The molecule has 0 spiro atoms. The van der Waals surface area contributed by atoms with Crippen LogP contribution in [0.5, 0.6) is 0 Å². The molecule has 3 heteroatoms. The van der Waals surface area contributed by atoms with Gasteiger partial charge < -0.3 is 14.4 Å². The second-order valence-corrected chi connectivity index (χ2v) is 7.76. The van der Waals surface area contributed by atoms with Gasteiger partial charge in [0.2, 0.25) is 0 Å². The van der Waals surface area contributed by atoms with Crippen LogP contribution in [0.25, 0.3) is 0 Å². The van der Waals surface area contributed by atoms with E-state index in [1.54, 1.807) is 0 Å². The van der Waals surface area contributed by atoms with Gasteiger partial charge in [0.05, 0.1) is 12.7 Å². The van der Waals surface area contributed by atoms with Crippen molar-refractivity contribution in [1.29, 1.82) is 0 Å². The molecule has 0 aromatic rings. The normalized spacial score (nSPS) is 21.0.